The fourth-order valence-electron chi connectivity index (χ4n) is 6.77. The Morgan fingerprint density at radius 2 is 1.06 bits per heavy atom. The largest absolute Gasteiger partial charge is 0.394 e. The van der Waals surface area contributed by atoms with Crippen molar-refractivity contribution >= 4 is 11.8 Å². The van der Waals surface area contributed by atoms with Crippen LogP contribution in [0.15, 0.2) is 0 Å². The highest BCUT2D eigenvalue weighted by atomic mass is 16.5. The van der Waals surface area contributed by atoms with Crippen LogP contribution in [0.5, 0.6) is 0 Å². The van der Waals surface area contributed by atoms with Gasteiger partial charge >= 0.3 is 0 Å². The number of hydrogen-bond donors (Lipinski definition) is 5. The second-order valence-corrected chi connectivity index (χ2v) is 14.5. The molecular formula is C39H77N3O6. The third kappa shape index (κ3) is 19.8. The maximum Gasteiger partial charge on any atom is 0.237 e. The topological polar surface area (TPSA) is 145 Å². The van der Waals surface area contributed by atoms with Crippen LogP contribution in [-0.2, 0) is 14.3 Å². The minimum absolute atomic E-state index is 0.0917. The van der Waals surface area contributed by atoms with E-state index in [9.17, 15) is 24.9 Å². The maximum absolute atomic E-state index is 13.7. The normalized spacial score (nSPS) is 21.7. The van der Waals surface area contributed by atoms with Gasteiger partial charge in [-0.05, 0) is 19.8 Å². The van der Waals surface area contributed by atoms with Gasteiger partial charge in [0.05, 0.1) is 12.6 Å². The molecule has 9 heteroatoms. The summed E-state index contributed by atoms with van der Waals surface area (Å²) in [6.45, 7) is 5.94. The van der Waals surface area contributed by atoms with Crippen molar-refractivity contribution in [2.24, 2.45) is 5.73 Å². The Kier molecular flexibility index (Phi) is 27.5. The number of nitrogens with one attached hydrogen (secondary N) is 1. The predicted molar refractivity (Wildman–Crippen MR) is 196 cm³/mol. The first-order chi connectivity index (χ1) is 23.3. The molecule has 0 radical (unpaired) electrons. The molecule has 0 aromatic rings. The van der Waals surface area contributed by atoms with Crippen LogP contribution in [0.25, 0.3) is 0 Å². The summed E-state index contributed by atoms with van der Waals surface area (Å²) >= 11 is 0. The lowest BCUT2D eigenvalue weighted by atomic mass is 9.94. The minimum atomic E-state index is -1.42. The SMILES string of the molecule is CCCCCCCCCCCCCCCCCC(=O)N(CCCCCCCCCCCC)[C@@H]1O[C@H](CO)[C@H](O)[C@H](O)[C@H]1NC(=O)[C@H](C)N. The highest BCUT2D eigenvalue weighted by molar-refractivity contribution is 5.81. The number of hydrogen-bond acceptors (Lipinski definition) is 7. The van der Waals surface area contributed by atoms with E-state index in [-0.39, 0.29) is 5.91 Å². The highest BCUT2D eigenvalue weighted by Gasteiger charge is 2.48. The average molecular weight is 684 g/mol. The number of carbonyl (C=O) groups excluding carboxylic acids is 2. The summed E-state index contributed by atoms with van der Waals surface area (Å²) in [7, 11) is 0. The molecule has 6 N–H and O–H groups in total. The maximum atomic E-state index is 13.7. The second kappa shape index (κ2) is 29.5. The molecular weight excluding hydrogens is 606 g/mol. The van der Waals surface area contributed by atoms with Crippen LogP contribution in [-0.4, -0.2) is 81.8 Å². The smallest absolute Gasteiger partial charge is 0.237 e. The van der Waals surface area contributed by atoms with E-state index in [1.165, 1.54) is 129 Å². The molecule has 0 bridgehead atoms. The molecule has 6 atom stereocenters. The van der Waals surface area contributed by atoms with Crippen molar-refractivity contribution in [3.05, 3.63) is 0 Å². The van der Waals surface area contributed by atoms with Crippen LogP contribution < -0.4 is 11.1 Å². The highest BCUT2D eigenvalue weighted by Crippen LogP contribution is 2.26. The number of amides is 2. The summed E-state index contributed by atoms with van der Waals surface area (Å²) in [6, 6.07) is -1.90. The number of nitrogens with zero attached hydrogens (tertiary/aromatic N) is 1. The Balaban J connectivity index is 2.61. The fourth-order valence-corrected chi connectivity index (χ4v) is 6.77. The molecule has 0 aliphatic carbocycles. The molecule has 0 spiro atoms. The van der Waals surface area contributed by atoms with E-state index in [1.807, 2.05) is 0 Å². The van der Waals surface area contributed by atoms with E-state index in [0.29, 0.717) is 13.0 Å². The molecule has 1 aliphatic rings. The van der Waals surface area contributed by atoms with Gasteiger partial charge < -0.3 is 36.0 Å². The fraction of sp³-hybridized carbons (Fsp3) is 0.949. The predicted octanol–water partition coefficient (Wildman–Crippen LogP) is 7.27. The van der Waals surface area contributed by atoms with Gasteiger partial charge in [-0.2, -0.15) is 0 Å². The lowest BCUT2D eigenvalue weighted by Gasteiger charge is -2.47. The van der Waals surface area contributed by atoms with E-state index in [4.69, 9.17) is 10.5 Å². The van der Waals surface area contributed by atoms with Gasteiger partial charge in [-0.3, -0.25) is 9.59 Å². The van der Waals surface area contributed by atoms with E-state index >= 15 is 0 Å². The Morgan fingerprint density at radius 3 is 1.46 bits per heavy atom. The quantitative estimate of drug-likeness (QED) is 0.0483. The number of unbranched alkanes of at least 4 members (excludes halogenated alkanes) is 23. The van der Waals surface area contributed by atoms with E-state index < -0.39 is 49.1 Å². The monoisotopic (exact) mass is 684 g/mol. The number of carbonyl (C=O) groups is 2. The second-order valence-electron chi connectivity index (χ2n) is 14.5. The van der Waals surface area contributed by atoms with Gasteiger partial charge in [0.1, 0.15) is 24.4 Å². The summed E-state index contributed by atoms with van der Waals surface area (Å²) < 4.78 is 6.06. The Labute approximate surface area is 294 Å². The van der Waals surface area contributed by atoms with Gasteiger partial charge in [-0.15, -0.1) is 0 Å². The van der Waals surface area contributed by atoms with Crippen LogP contribution >= 0.6 is 0 Å². The van der Waals surface area contributed by atoms with Crippen LogP contribution in [0, 0.1) is 0 Å². The third-order valence-corrected chi connectivity index (χ3v) is 10.00. The summed E-state index contributed by atoms with van der Waals surface area (Å²) in [5.41, 5.74) is 5.79. The molecule has 0 unspecified atom stereocenters. The number of nitrogens with two attached hydrogens (primary N) is 1. The molecule has 0 aromatic carbocycles. The molecule has 9 nitrogen and oxygen atoms in total. The number of rotatable bonds is 31. The summed E-state index contributed by atoms with van der Waals surface area (Å²) in [5, 5.41) is 34.2. The average Bonchev–Trinajstić information content (AvgIpc) is 3.07. The zero-order valence-electron chi connectivity index (χ0n) is 31.4. The van der Waals surface area contributed by atoms with Crippen LogP contribution in [0.3, 0.4) is 0 Å². The first-order valence-electron chi connectivity index (χ1n) is 20.3. The van der Waals surface area contributed by atoms with Crippen molar-refractivity contribution in [2.75, 3.05) is 13.2 Å². The molecule has 1 saturated heterocycles. The van der Waals surface area contributed by atoms with Crippen molar-refractivity contribution in [3.8, 4) is 0 Å². The van der Waals surface area contributed by atoms with Gasteiger partial charge in [0, 0.05) is 13.0 Å². The van der Waals surface area contributed by atoms with Crippen LogP contribution in [0.2, 0.25) is 0 Å². The third-order valence-electron chi connectivity index (χ3n) is 10.00. The standard InChI is InChI=1S/C39H77N3O6/c1-4-6-8-10-12-14-16-17-18-19-20-21-23-25-27-29-34(44)42(30-28-26-24-22-15-13-11-9-7-5-2)39-35(41-38(47)32(3)40)37(46)36(45)33(31-43)48-39/h32-33,35-37,39,43,45-46H,4-31,40H2,1-3H3,(H,41,47)/t32-,33+,35+,36-,37+,39+/m0/s1. The minimum Gasteiger partial charge on any atom is -0.394 e. The molecule has 1 heterocycles. The molecule has 1 rings (SSSR count). The molecule has 0 saturated carbocycles. The summed E-state index contributed by atoms with van der Waals surface area (Å²) in [6.07, 6.45) is 25.9. The zero-order chi connectivity index (χ0) is 35.4. The molecule has 1 fully saturated rings. The van der Waals surface area contributed by atoms with Gasteiger partial charge in [0.15, 0.2) is 6.23 Å². The Morgan fingerprint density at radius 1 is 0.667 bits per heavy atom. The van der Waals surface area contributed by atoms with Crippen molar-refractivity contribution in [3.63, 3.8) is 0 Å². The van der Waals surface area contributed by atoms with Gasteiger partial charge in [0.25, 0.3) is 0 Å². The number of aliphatic hydroxyl groups excluding tert-OH is 3. The van der Waals surface area contributed by atoms with E-state index in [2.05, 4.69) is 19.2 Å². The van der Waals surface area contributed by atoms with Gasteiger partial charge in [0.2, 0.25) is 11.8 Å². The Bertz CT molecular complexity index is 785. The van der Waals surface area contributed by atoms with E-state index in [1.54, 1.807) is 4.90 Å². The van der Waals surface area contributed by atoms with Gasteiger partial charge in [-0.1, -0.05) is 162 Å². The van der Waals surface area contributed by atoms with Gasteiger partial charge in [-0.25, -0.2) is 0 Å². The first-order valence-corrected chi connectivity index (χ1v) is 20.3. The molecule has 1 aliphatic heterocycles. The van der Waals surface area contributed by atoms with Crippen LogP contribution in [0.4, 0.5) is 0 Å². The zero-order valence-corrected chi connectivity index (χ0v) is 31.4. The summed E-state index contributed by atoms with van der Waals surface area (Å²) in [4.78, 5) is 27.9. The Hall–Kier alpha value is -1.26. The number of ether oxygens (including phenoxy) is 1. The van der Waals surface area contributed by atoms with Crippen molar-refractivity contribution < 1.29 is 29.6 Å². The van der Waals surface area contributed by atoms with Crippen molar-refractivity contribution in [1.29, 1.82) is 0 Å². The lowest BCUT2D eigenvalue weighted by molar-refractivity contribution is -0.231. The number of aliphatic hydroxyl groups is 3. The molecule has 2 amide bonds. The van der Waals surface area contributed by atoms with Crippen molar-refractivity contribution in [1.82, 2.24) is 10.2 Å². The first kappa shape index (κ1) is 44.8. The van der Waals surface area contributed by atoms with E-state index in [0.717, 1.165) is 38.5 Å². The lowest BCUT2D eigenvalue weighted by Crippen LogP contribution is -2.69. The summed E-state index contributed by atoms with van der Waals surface area (Å²) in [5.74, 6) is -0.595. The van der Waals surface area contributed by atoms with Crippen LogP contribution in [0.1, 0.15) is 188 Å². The molecule has 48 heavy (non-hydrogen) atoms. The van der Waals surface area contributed by atoms with Crippen molar-refractivity contribution in [2.45, 2.75) is 224 Å². The molecule has 0 aromatic heterocycles. The molecule has 284 valence electrons.